The van der Waals surface area contributed by atoms with Gasteiger partial charge in [-0.15, -0.1) is 0 Å². The van der Waals surface area contributed by atoms with Crippen LogP contribution in [0, 0.1) is 11.3 Å². The largest absolute Gasteiger partial charge is 0.372 e. The van der Waals surface area contributed by atoms with Crippen LogP contribution in [0.15, 0.2) is 24.3 Å². The Morgan fingerprint density at radius 1 is 1.36 bits per heavy atom. The van der Waals surface area contributed by atoms with Crippen molar-refractivity contribution in [3.8, 4) is 6.07 Å². The minimum atomic E-state index is 0.733. The summed E-state index contributed by atoms with van der Waals surface area (Å²) in [5, 5.41) is 8.78. The van der Waals surface area contributed by atoms with Crippen LogP contribution in [-0.2, 0) is 0 Å². The third-order valence-electron chi connectivity index (χ3n) is 2.22. The molecule has 0 fully saturated rings. The Kier molecular flexibility index (Phi) is 4.00. The second-order valence-electron chi connectivity index (χ2n) is 3.24. The first-order valence-electron chi connectivity index (χ1n) is 5.07. The van der Waals surface area contributed by atoms with Crippen molar-refractivity contribution in [1.82, 2.24) is 0 Å². The molecule has 2 heteroatoms. The van der Waals surface area contributed by atoms with Gasteiger partial charge in [0.05, 0.1) is 11.6 Å². The van der Waals surface area contributed by atoms with Crippen LogP contribution in [0.25, 0.3) is 0 Å². The zero-order chi connectivity index (χ0) is 10.4. The van der Waals surface area contributed by atoms with E-state index in [0.717, 1.165) is 30.8 Å². The summed E-state index contributed by atoms with van der Waals surface area (Å²) in [6.45, 7) is 6.33. The van der Waals surface area contributed by atoms with Crippen LogP contribution in [0.3, 0.4) is 0 Å². The predicted octanol–water partition coefficient (Wildman–Crippen LogP) is 2.79. The molecule has 0 spiro atoms. The third kappa shape index (κ3) is 2.50. The lowest BCUT2D eigenvalue weighted by Gasteiger charge is -2.22. The molecule has 0 unspecified atom stereocenters. The van der Waals surface area contributed by atoms with Gasteiger partial charge >= 0.3 is 0 Å². The fourth-order valence-electron chi connectivity index (χ4n) is 1.51. The van der Waals surface area contributed by atoms with E-state index in [1.165, 1.54) is 0 Å². The first-order chi connectivity index (χ1) is 6.81. The molecule has 1 rings (SSSR count). The zero-order valence-corrected chi connectivity index (χ0v) is 8.83. The Morgan fingerprint density at radius 2 is 2.14 bits per heavy atom. The number of benzene rings is 1. The molecule has 74 valence electrons. The molecule has 0 bridgehead atoms. The molecule has 0 N–H and O–H groups in total. The molecule has 14 heavy (non-hydrogen) atoms. The van der Waals surface area contributed by atoms with E-state index in [9.17, 15) is 0 Å². The van der Waals surface area contributed by atoms with Gasteiger partial charge in [-0.2, -0.15) is 5.26 Å². The van der Waals surface area contributed by atoms with E-state index < -0.39 is 0 Å². The summed E-state index contributed by atoms with van der Waals surface area (Å²) >= 11 is 0. The average Bonchev–Trinajstić information content (AvgIpc) is 2.26. The first-order valence-corrected chi connectivity index (χ1v) is 5.07. The van der Waals surface area contributed by atoms with Gasteiger partial charge in [0.1, 0.15) is 0 Å². The van der Waals surface area contributed by atoms with Gasteiger partial charge in [0, 0.05) is 18.8 Å². The molecule has 0 aromatic heterocycles. The van der Waals surface area contributed by atoms with Gasteiger partial charge in [0.2, 0.25) is 0 Å². The number of nitrogens with zero attached hydrogens (tertiary/aromatic N) is 2. The lowest BCUT2D eigenvalue weighted by Crippen LogP contribution is -2.23. The highest BCUT2D eigenvalue weighted by molar-refractivity contribution is 5.51. The van der Waals surface area contributed by atoms with Crippen molar-refractivity contribution in [2.24, 2.45) is 0 Å². The fraction of sp³-hybridized carbons (Fsp3) is 0.417. The number of anilines is 1. The van der Waals surface area contributed by atoms with Crippen LogP contribution < -0.4 is 4.90 Å². The maximum atomic E-state index is 8.78. The van der Waals surface area contributed by atoms with E-state index in [4.69, 9.17) is 5.26 Å². The predicted molar refractivity (Wildman–Crippen MR) is 59.3 cm³/mol. The molecule has 0 aliphatic heterocycles. The quantitative estimate of drug-likeness (QED) is 0.726. The second-order valence-corrected chi connectivity index (χ2v) is 3.24. The Hall–Kier alpha value is -1.49. The van der Waals surface area contributed by atoms with Gasteiger partial charge in [0.15, 0.2) is 0 Å². The molecule has 1 aromatic rings. The molecule has 0 aliphatic carbocycles. The average molecular weight is 188 g/mol. The second kappa shape index (κ2) is 5.29. The Labute approximate surface area is 85.8 Å². The first kappa shape index (κ1) is 10.6. The van der Waals surface area contributed by atoms with Gasteiger partial charge in [-0.3, -0.25) is 0 Å². The summed E-state index contributed by atoms with van der Waals surface area (Å²) < 4.78 is 0. The number of hydrogen-bond acceptors (Lipinski definition) is 2. The summed E-state index contributed by atoms with van der Waals surface area (Å²) in [4.78, 5) is 2.28. The highest BCUT2D eigenvalue weighted by Crippen LogP contribution is 2.15. The summed E-state index contributed by atoms with van der Waals surface area (Å²) in [5.74, 6) is 0. The maximum Gasteiger partial charge on any atom is 0.0992 e. The SMILES string of the molecule is CCCN(CC)c1cccc(C#N)c1. The van der Waals surface area contributed by atoms with E-state index >= 15 is 0 Å². The molecular weight excluding hydrogens is 172 g/mol. The fourth-order valence-corrected chi connectivity index (χ4v) is 1.51. The van der Waals surface area contributed by atoms with Gasteiger partial charge in [-0.25, -0.2) is 0 Å². The highest BCUT2D eigenvalue weighted by atomic mass is 15.1. The van der Waals surface area contributed by atoms with E-state index in [-0.39, 0.29) is 0 Å². The van der Waals surface area contributed by atoms with Gasteiger partial charge < -0.3 is 4.90 Å². The number of rotatable bonds is 4. The molecule has 0 amide bonds. The smallest absolute Gasteiger partial charge is 0.0992 e. The zero-order valence-electron chi connectivity index (χ0n) is 8.83. The third-order valence-corrected chi connectivity index (χ3v) is 2.22. The van der Waals surface area contributed by atoms with Crippen LogP contribution in [0.2, 0.25) is 0 Å². The van der Waals surface area contributed by atoms with E-state index in [1.54, 1.807) is 0 Å². The Morgan fingerprint density at radius 3 is 2.71 bits per heavy atom. The summed E-state index contributed by atoms with van der Waals surface area (Å²) in [6.07, 6.45) is 1.13. The lowest BCUT2D eigenvalue weighted by molar-refractivity contribution is 0.792. The van der Waals surface area contributed by atoms with Crippen molar-refractivity contribution in [2.75, 3.05) is 18.0 Å². The Bertz CT molecular complexity index is 325. The normalized spacial score (nSPS) is 9.50. The van der Waals surface area contributed by atoms with Crippen LogP contribution in [-0.4, -0.2) is 13.1 Å². The van der Waals surface area contributed by atoms with Crippen molar-refractivity contribution >= 4 is 5.69 Å². The minimum absolute atomic E-state index is 0.733. The lowest BCUT2D eigenvalue weighted by atomic mass is 10.2. The van der Waals surface area contributed by atoms with E-state index in [0.29, 0.717) is 0 Å². The topological polar surface area (TPSA) is 27.0 Å². The Balaban J connectivity index is 2.87. The minimum Gasteiger partial charge on any atom is -0.372 e. The molecule has 0 aliphatic rings. The summed E-state index contributed by atoms with van der Waals surface area (Å²) in [7, 11) is 0. The summed E-state index contributed by atoms with van der Waals surface area (Å²) in [5.41, 5.74) is 1.88. The maximum absolute atomic E-state index is 8.78. The molecule has 1 aromatic carbocycles. The highest BCUT2D eigenvalue weighted by Gasteiger charge is 2.02. The van der Waals surface area contributed by atoms with Gasteiger partial charge in [-0.05, 0) is 31.5 Å². The van der Waals surface area contributed by atoms with Crippen LogP contribution in [0.5, 0.6) is 0 Å². The van der Waals surface area contributed by atoms with Crippen molar-refractivity contribution in [3.05, 3.63) is 29.8 Å². The van der Waals surface area contributed by atoms with Crippen molar-refractivity contribution in [3.63, 3.8) is 0 Å². The van der Waals surface area contributed by atoms with E-state index in [1.807, 2.05) is 18.2 Å². The van der Waals surface area contributed by atoms with Crippen LogP contribution in [0.1, 0.15) is 25.8 Å². The molecule has 0 radical (unpaired) electrons. The number of hydrogen-bond donors (Lipinski definition) is 0. The van der Waals surface area contributed by atoms with Crippen molar-refractivity contribution in [2.45, 2.75) is 20.3 Å². The van der Waals surface area contributed by atoms with Gasteiger partial charge in [0.25, 0.3) is 0 Å². The van der Waals surface area contributed by atoms with Crippen molar-refractivity contribution < 1.29 is 0 Å². The van der Waals surface area contributed by atoms with Gasteiger partial charge in [-0.1, -0.05) is 13.0 Å². The molecule has 2 nitrogen and oxygen atoms in total. The standard InChI is InChI=1S/C12H16N2/c1-3-8-14(4-2)12-7-5-6-11(9-12)10-13/h5-7,9H,3-4,8H2,1-2H3. The van der Waals surface area contributed by atoms with Crippen molar-refractivity contribution in [1.29, 1.82) is 5.26 Å². The molecule has 0 saturated heterocycles. The van der Waals surface area contributed by atoms with E-state index in [2.05, 4.69) is 30.9 Å². The molecule has 0 saturated carbocycles. The summed E-state index contributed by atoms with van der Waals surface area (Å²) in [6, 6.07) is 9.93. The number of nitriles is 1. The monoisotopic (exact) mass is 188 g/mol. The van der Waals surface area contributed by atoms with Crippen LogP contribution in [0.4, 0.5) is 5.69 Å². The molecule has 0 atom stereocenters. The van der Waals surface area contributed by atoms with Crippen LogP contribution >= 0.6 is 0 Å². The molecular formula is C12H16N2. The molecule has 0 heterocycles.